The molecule has 23 heavy (non-hydrogen) atoms. The quantitative estimate of drug-likeness (QED) is 0.751. The molecule has 0 saturated heterocycles. The third-order valence-corrected chi connectivity index (χ3v) is 4.08. The van der Waals surface area contributed by atoms with E-state index in [9.17, 15) is 4.79 Å². The second kappa shape index (κ2) is 8.17. The normalized spacial score (nSPS) is 13.9. The van der Waals surface area contributed by atoms with E-state index in [1.54, 1.807) is 14.2 Å². The highest BCUT2D eigenvalue weighted by Gasteiger charge is 2.22. The molecule has 2 rings (SSSR count). The van der Waals surface area contributed by atoms with E-state index in [-0.39, 0.29) is 5.91 Å². The van der Waals surface area contributed by atoms with Crippen molar-refractivity contribution in [1.29, 1.82) is 0 Å². The van der Waals surface area contributed by atoms with Gasteiger partial charge in [0.25, 0.3) is 0 Å². The van der Waals surface area contributed by atoms with E-state index in [4.69, 9.17) is 9.47 Å². The number of hydrogen-bond acceptors (Lipinski definition) is 5. The molecule has 0 aromatic heterocycles. The zero-order chi connectivity index (χ0) is 16.8. The summed E-state index contributed by atoms with van der Waals surface area (Å²) in [6, 6.07) is 4.00. The Hall–Kier alpha value is -1.79. The molecule has 1 aromatic carbocycles. The van der Waals surface area contributed by atoms with Crippen molar-refractivity contribution in [1.82, 2.24) is 15.1 Å². The molecule has 0 aliphatic carbocycles. The molecule has 1 N–H and O–H groups in total. The van der Waals surface area contributed by atoms with Crippen LogP contribution in [-0.2, 0) is 17.8 Å². The van der Waals surface area contributed by atoms with E-state index in [0.29, 0.717) is 18.8 Å². The van der Waals surface area contributed by atoms with Crippen molar-refractivity contribution in [3.05, 3.63) is 23.3 Å². The fraction of sp³-hybridized carbons (Fsp3) is 0.588. The van der Waals surface area contributed by atoms with Crippen LogP contribution in [0.25, 0.3) is 0 Å². The van der Waals surface area contributed by atoms with Crippen LogP contribution in [0.15, 0.2) is 12.1 Å². The first kappa shape index (κ1) is 17.6. The highest BCUT2D eigenvalue weighted by molar-refractivity contribution is 5.78. The average Bonchev–Trinajstić information content (AvgIpc) is 2.56. The lowest BCUT2D eigenvalue weighted by atomic mass is 9.98. The number of hydrogen-bond donors (Lipinski definition) is 1. The molecule has 1 aliphatic rings. The van der Waals surface area contributed by atoms with Crippen LogP contribution in [0.1, 0.15) is 11.1 Å². The standard InChI is InChI=1S/C17H27N3O3/c1-19(2)8-6-18-11-17(21)20-7-5-13-9-15(22-3)16(23-4)10-14(13)12-20/h9-10,18H,5-8,11-12H2,1-4H3. The Labute approximate surface area is 138 Å². The van der Waals surface area contributed by atoms with Crippen LogP contribution in [0, 0.1) is 0 Å². The SMILES string of the molecule is COc1cc2c(cc1OC)CN(C(=O)CNCCN(C)C)CC2. The summed E-state index contributed by atoms with van der Waals surface area (Å²) >= 11 is 0. The van der Waals surface area contributed by atoms with E-state index >= 15 is 0 Å². The molecule has 1 heterocycles. The van der Waals surface area contributed by atoms with Crippen molar-refractivity contribution in [3.63, 3.8) is 0 Å². The van der Waals surface area contributed by atoms with E-state index in [1.165, 1.54) is 5.56 Å². The minimum atomic E-state index is 0.143. The molecule has 0 saturated carbocycles. The van der Waals surface area contributed by atoms with Gasteiger partial charge in [-0.25, -0.2) is 0 Å². The highest BCUT2D eigenvalue weighted by Crippen LogP contribution is 2.33. The minimum Gasteiger partial charge on any atom is -0.493 e. The van der Waals surface area contributed by atoms with Crippen molar-refractivity contribution in [2.24, 2.45) is 0 Å². The number of fused-ring (bicyclic) bond motifs is 1. The van der Waals surface area contributed by atoms with Crippen LogP contribution in [0.3, 0.4) is 0 Å². The Kier molecular flexibility index (Phi) is 6.24. The molecule has 1 aliphatic heterocycles. The van der Waals surface area contributed by atoms with Crippen LogP contribution in [0.5, 0.6) is 11.5 Å². The average molecular weight is 321 g/mol. The van der Waals surface area contributed by atoms with Gasteiger partial charge in [0.05, 0.1) is 20.8 Å². The van der Waals surface area contributed by atoms with Crippen LogP contribution >= 0.6 is 0 Å². The van der Waals surface area contributed by atoms with Gasteiger partial charge in [0.2, 0.25) is 5.91 Å². The first-order chi connectivity index (χ1) is 11.0. The molecule has 0 bridgehead atoms. The van der Waals surface area contributed by atoms with Crippen molar-refractivity contribution in [3.8, 4) is 11.5 Å². The maximum atomic E-state index is 12.3. The largest absolute Gasteiger partial charge is 0.493 e. The maximum absolute atomic E-state index is 12.3. The van der Waals surface area contributed by atoms with Crippen molar-refractivity contribution < 1.29 is 14.3 Å². The molecule has 0 atom stereocenters. The molecular weight excluding hydrogens is 294 g/mol. The van der Waals surface area contributed by atoms with Gasteiger partial charge in [0.15, 0.2) is 11.5 Å². The van der Waals surface area contributed by atoms with Gasteiger partial charge in [-0.2, -0.15) is 0 Å². The molecule has 6 heteroatoms. The number of ether oxygens (including phenoxy) is 2. The summed E-state index contributed by atoms with van der Waals surface area (Å²) < 4.78 is 10.7. The van der Waals surface area contributed by atoms with E-state index in [2.05, 4.69) is 10.2 Å². The van der Waals surface area contributed by atoms with Gasteiger partial charge < -0.3 is 24.6 Å². The van der Waals surface area contributed by atoms with Gasteiger partial charge in [-0.3, -0.25) is 4.79 Å². The molecule has 0 unspecified atom stereocenters. The first-order valence-corrected chi connectivity index (χ1v) is 7.92. The van der Waals surface area contributed by atoms with Gasteiger partial charge in [0, 0.05) is 26.2 Å². The predicted molar refractivity (Wildman–Crippen MR) is 90.1 cm³/mol. The monoisotopic (exact) mass is 321 g/mol. The Bertz CT molecular complexity index is 546. The lowest BCUT2D eigenvalue weighted by molar-refractivity contribution is -0.131. The number of likely N-dealkylation sites (N-methyl/N-ethyl adjacent to an activating group) is 1. The number of methoxy groups -OCH3 is 2. The summed E-state index contributed by atoms with van der Waals surface area (Å²) in [6.07, 6.45) is 0.846. The minimum absolute atomic E-state index is 0.143. The molecule has 0 spiro atoms. The second-order valence-electron chi connectivity index (χ2n) is 6.02. The number of carbonyl (C=O) groups excluding carboxylic acids is 1. The lowest BCUT2D eigenvalue weighted by Gasteiger charge is -2.30. The summed E-state index contributed by atoms with van der Waals surface area (Å²) in [6.45, 7) is 3.50. The molecular formula is C17H27N3O3. The number of amides is 1. The molecule has 128 valence electrons. The van der Waals surface area contributed by atoms with E-state index in [0.717, 1.165) is 37.4 Å². The summed E-state index contributed by atoms with van der Waals surface area (Å²) in [7, 11) is 7.31. The Morgan fingerprint density at radius 2 is 1.87 bits per heavy atom. The summed E-state index contributed by atoms with van der Waals surface area (Å²) in [5.41, 5.74) is 2.36. The van der Waals surface area contributed by atoms with Gasteiger partial charge in [-0.1, -0.05) is 0 Å². The zero-order valence-electron chi connectivity index (χ0n) is 14.5. The lowest BCUT2D eigenvalue weighted by Crippen LogP contribution is -2.42. The Morgan fingerprint density at radius 1 is 1.22 bits per heavy atom. The number of rotatable bonds is 7. The molecule has 1 aromatic rings. The van der Waals surface area contributed by atoms with Crippen LogP contribution in [-0.4, -0.2) is 70.2 Å². The van der Waals surface area contributed by atoms with E-state index in [1.807, 2.05) is 31.1 Å². The zero-order valence-corrected chi connectivity index (χ0v) is 14.5. The second-order valence-corrected chi connectivity index (χ2v) is 6.02. The molecule has 1 amide bonds. The van der Waals surface area contributed by atoms with Crippen LogP contribution in [0.4, 0.5) is 0 Å². The highest BCUT2D eigenvalue weighted by atomic mass is 16.5. The van der Waals surface area contributed by atoms with Crippen LogP contribution < -0.4 is 14.8 Å². The van der Waals surface area contributed by atoms with Gasteiger partial charge >= 0.3 is 0 Å². The maximum Gasteiger partial charge on any atom is 0.236 e. The van der Waals surface area contributed by atoms with Crippen molar-refractivity contribution in [2.75, 3.05) is 54.5 Å². The summed E-state index contributed by atoms with van der Waals surface area (Å²) in [4.78, 5) is 16.3. The number of nitrogens with zero attached hydrogens (tertiary/aromatic N) is 2. The fourth-order valence-electron chi connectivity index (χ4n) is 2.71. The van der Waals surface area contributed by atoms with Crippen LogP contribution in [0.2, 0.25) is 0 Å². The van der Waals surface area contributed by atoms with Crippen molar-refractivity contribution in [2.45, 2.75) is 13.0 Å². The Balaban J connectivity index is 1.95. The molecule has 0 fully saturated rings. The number of carbonyl (C=O) groups is 1. The van der Waals surface area contributed by atoms with E-state index < -0.39 is 0 Å². The third kappa shape index (κ3) is 4.59. The third-order valence-electron chi connectivity index (χ3n) is 4.08. The number of nitrogens with one attached hydrogen (secondary N) is 1. The van der Waals surface area contributed by atoms with Gasteiger partial charge in [0.1, 0.15) is 0 Å². The summed E-state index contributed by atoms with van der Waals surface area (Å²) in [5, 5.41) is 3.20. The number of benzene rings is 1. The fourth-order valence-corrected chi connectivity index (χ4v) is 2.71. The molecule has 0 radical (unpaired) electrons. The predicted octanol–water partition coefficient (Wildman–Crippen LogP) is 0.740. The van der Waals surface area contributed by atoms with Crippen molar-refractivity contribution >= 4 is 5.91 Å². The Morgan fingerprint density at radius 3 is 2.48 bits per heavy atom. The van der Waals surface area contributed by atoms with Gasteiger partial charge in [-0.15, -0.1) is 0 Å². The smallest absolute Gasteiger partial charge is 0.236 e. The molecule has 6 nitrogen and oxygen atoms in total. The topological polar surface area (TPSA) is 54.0 Å². The summed E-state index contributed by atoms with van der Waals surface area (Å²) in [5.74, 6) is 1.60. The first-order valence-electron chi connectivity index (χ1n) is 7.92. The van der Waals surface area contributed by atoms with Gasteiger partial charge in [-0.05, 0) is 43.8 Å².